The minimum absolute atomic E-state index is 0.180. The van der Waals surface area contributed by atoms with Crippen LogP contribution in [0, 0.1) is 6.92 Å². The molecule has 3 rings (SSSR count). The van der Waals surface area contributed by atoms with E-state index in [1.54, 1.807) is 11.8 Å². The average molecular weight is 341 g/mol. The van der Waals surface area contributed by atoms with Crippen LogP contribution >= 0.6 is 0 Å². The van der Waals surface area contributed by atoms with E-state index in [0.717, 1.165) is 18.5 Å². The standard InChI is InChI=1S/C20H23NO4/c1-12(2)14-6-7-16-15(9-14)5-4-8-21(16)20(24)19-13(3)11-25-17(19)10-18(22)23/h6-7,9,11-12H,4-5,8,10H2,1-3H3,(H,22,23). The molecule has 1 aliphatic rings. The first-order valence-corrected chi connectivity index (χ1v) is 8.62. The van der Waals surface area contributed by atoms with E-state index in [-0.39, 0.29) is 18.1 Å². The summed E-state index contributed by atoms with van der Waals surface area (Å²) in [6.07, 6.45) is 3.01. The molecule has 0 fully saturated rings. The molecule has 5 heteroatoms. The number of benzene rings is 1. The van der Waals surface area contributed by atoms with Gasteiger partial charge in [0.25, 0.3) is 5.91 Å². The van der Waals surface area contributed by atoms with Gasteiger partial charge in [-0.05, 0) is 42.9 Å². The lowest BCUT2D eigenvalue weighted by molar-refractivity contribution is -0.136. The molecule has 132 valence electrons. The normalized spacial score (nSPS) is 13.8. The maximum atomic E-state index is 13.1. The van der Waals surface area contributed by atoms with Gasteiger partial charge in [0.1, 0.15) is 12.2 Å². The van der Waals surface area contributed by atoms with Crippen molar-refractivity contribution >= 4 is 17.6 Å². The van der Waals surface area contributed by atoms with Crippen LogP contribution in [0.2, 0.25) is 0 Å². The smallest absolute Gasteiger partial charge is 0.311 e. The predicted molar refractivity (Wildman–Crippen MR) is 95.3 cm³/mol. The van der Waals surface area contributed by atoms with Crippen molar-refractivity contribution in [3.05, 3.63) is 52.5 Å². The van der Waals surface area contributed by atoms with Crippen molar-refractivity contribution in [1.82, 2.24) is 0 Å². The molecule has 0 bridgehead atoms. The molecule has 0 atom stereocenters. The van der Waals surface area contributed by atoms with E-state index in [4.69, 9.17) is 9.52 Å². The Morgan fingerprint density at radius 2 is 2.08 bits per heavy atom. The number of aryl methyl sites for hydroxylation is 2. The molecule has 25 heavy (non-hydrogen) atoms. The molecular formula is C20H23NO4. The lowest BCUT2D eigenvalue weighted by Crippen LogP contribution is -2.36. The van der Waals surface area contributed by atoms with Gasteiger partial charge in [0.15, 0.2) is 0 Å². The Balaban J connectivity index is 1.98. The van der Waals surface area contributed by atoms with Crippen LogP contribution in [-0.4, -0.2) is 23.5 Å². The van der Waals surface area contributed by atoms with Crippen molar-refractivity contribution in [1.29, 1.82) is 0 Å². The van der Waals surface area contributed by atoms with Gasteiger partial charge in [-0.1, -0.05) is 26.0 Å². The largest absolute Gasteiger partial charge is 0.481 e. The van der Waals surface area contributed by atoms with Crippen molar-refractivity contribution in [2.24, 2.45) is 0 Å². The summed E-state index contributed by atoms with van der Waals surface area (Å²) in [4.78, 5) is 25.9. The first kappa shape index (κ1) is 17.3. The Kier molecular flexibility index (Phi) is 4.66. The van der Waals surface area contributed by atoms with Crippen LogP contribution in [0.15, 0.2) is 28.9 Å². The van der Waals surface area contributed by atoms with Gasteiger partial charge in [-0.3, -0.25) is 9.59 Å². The Bertz CT molecular complexity index is 819. The highest BCUT2D eigenvalue weighted by Crippen LogP contribution is 2.32. The molecule has 0 aliphatic carbocycles. The van der Waals surface area contributed by atoms with E-state index in [0.29, 0.717) is 23.6 Å². The van der Waals surface area contributed by atoms with Gasteiger partial charge in [0.05, 0.1) is 11.8 Å². The molecule has 0 saturated carbocycles. The third-order valence-corrected chi connectivity index (χ3v) is 4.71. The minimum atomic E-state index is -1.01. The summed E-state index contributed by atoms with van der Waals surface area (Å²) in [5.74, 6) is -0.527. The maximum Gasteiger partial charge on any atom is 0.311 e. The fourth-order valence-electron chi connectivity index (χ4n) is 3.37. The van der Waals surface area contributed by atoms with Crippen molar-refractivity contribution in [3.63, 3.8) is 0 Å². The number of fused-ring (bicyclic) bond motifs is 1. The van der Waals surface area contributed by atoms with Gasteiger partial charge in [0, 0.05) is 17.8 Å². The average Bonchev–Trinajstić information content (AvgIpc) is 2.92. The summed E-state index contributed by atoms with van der Waals surface area (Å²) in [5.41, 5.74) is 4.41. The Hall–Kier alpha value is -2.56. The second-order valence-electron chi connectivity index (χ2n) is 6.89. The topological polar surface area (TPSA) is 70.7 Å². The second kappa shape index (κ2) is 6.75. The number of furan rings is 1. The summed E-state index contributed by atoms with van der Waals surface area (Å²) in [6, 6.07) is 6.25. The summed E-state index contributed by atoms with van der Waals surface area (Å²) in [5, 5.41) is 9.05. The van der Waals surface area contributed by atoms with Crippen molar-refractivity contribution in [2.75, 3.05) is 11.4 Å². The van der Waals surface area contributed by atoms with Crippen molar-refractivity contribution in [2.45, 2.75) is 46.0 Å². The van der Waals surface area contributed by atoms with Crippen LogP contribution in [0.1, 0.15) is 59.0 Å². The number of amides is 1. The summed E-state index contributed by atoms with van der Waals surface area (Å²) >= 11 is 0. The first-order valence-electron chi connectivity index (χ1n) is 8.62. The zero-order valence-corrected chi connectivity index (χ0v) is 14.8. The number of rotatable bonds is 4. The second-order valence-corrected chi connectivity index (χ2v) is 6.89. The molecule has 1 amide bonds. The zero-order chi connectivity index (χ0) is 18.1. The lowest BCUT2D eigenvalue weighted by atomic mass is 9.94. The molecule has 0 spiro atoms. The molecule has 0 radical (unpaired) electrons. The number of carboxylic acid groups (broad SMARTS) is 1. The highest BCUT2D eigenvalue weighted by Gasteiger charge is 2.29. The molecular weight excluding hydrogens is 318 g/mol. The molecule has 2 aromatic rings. The molecule has 0 saturated heterocycles. The van der Waals surface area contributed by atoms with Gasteiger partial charge >= 0.3 is 5.97 Å². The number of aliphatic carboxylic acids is 1. The summed E-state index contributed by atoms with van der Waals surface area (Å²) in [6.45, 7) is 6.71. The number of anilines is 1. The van der Waals surface area contributed by atoms with Crippen LogP contribution in [0.3, 0.4) is 0 Å². The highest BCUT2D eigenvalue weighted by atomic mass is 16.4. The van der Waals surface area contributed by atoms with Crippen molar-refractivity contribution in [3.8, 4) is 0 Å². The molecule has 1 aromatic carbocycles. The lowest BCUT2D eigenvalue weighted by Gasteiger charge is -2.30. The fourth-order valence-corrected chi connectivity index (χ4v) is 3.37. The number of carbonyl (C=O) groups excluding carboxylic acids is 1. The van der Waals surface area contributed by atoms with E-state index in [2.05, 4.69) is 26.0 Å². The van der Waals surface area contributed by atoms with Crippen LogP contribution in [0.25, 0.3) is 0 Å². The van der Waals surface area contributed by atoms with E-state index in [9.17, 15) is 9.59 Å². The summed E-state index contributed by atoms with van der Waals surface area (Å²) in [7, 11) is 0. The molecule has 1 aromatic heterocycles. The third-order valence-electron chi connectivity index (χ3n) is 4.71. The minimum Gasteiger partial charge on any atom is -0.481 e. The number of hydrogen-bond acceptors (Lipinski definition) is 3. The molecule has 1 N–H and O–H groups in total. The monoisotopic (exact) mass is 341 g/mol. The van der Waals surface area contributed by atoms with Gasteiger partial charge in [-0.2, -0.15) is 0 Å². The van der Waals surface area contributed by atoms with Gasteiger partial charge in [0.2, 0.25) is 0 Å². The Labute approximate surface area is 147 Å². The number of carbonyl (C=O) groups is 2. The molecule has 2 heterocycles. The van der Waals surface area contributed by atoms with E-state index >= 15 is 0 Å². The predicted octanol–water partition coefficient (Wildman–Crippen LogP) is 3.93. The van der Waals surface area contributed by atoms with E-state index in [1.807, 2.05) is 6.07 Å². The fraction of sp³-hybridized carbons (Fsp3) is 0.400. The van der Waals surface area contributed by atoms with Crippen LogP contribution in [0.5, 0.6) is 0 Å². The van der Waals surface area contributed by atoms with E-state index < -0.39 is 5.97 Å². The Morgan fingerprint density at radius 1 is 1.32 bits per heavy atom. The first-order chi connectivity index (χ1) is 11.9. The molecule has 1 aliphatic heterocycles. The zero-order valence-electron chi connectivity index (χ0n) is 14.8. The van der Waals surface area contributed by atoms with Crippen molar-refractivity contribution < 1.29 is 19.1 Å². The Morgan fingerprint density at radius 3 is 2.76 bits per heavy atom. The maximum absolute atomic E-state index is 13.1. The van der Waals surface area contributed by atoms with Crippen LogP contribution in [-0.2, 0) is 17.6 Å². The summed E-state index contributed by atoms with van der Waals surface area (Å²) < 4.78 is 5.33. The highest BCUT2D eigenvalue weighted by molar-refractivity contribution is 6.08. The van der Waals surface area contributed by atoms with Gasteiger partial charge in [-0.25, -0.2) is 0 Å². The SMILES string of the molecule is Cc1coc(CC(=O)O)c1C(=O)N1CCCc2cc(C(C)C)ccc21. The van der Waals surface area contributed by atoms with Gasteiger partial charge in [-0.15, -0.1) is 0 Å². The van der Waals surface area contributed by atoms with E-state index in [1.165, 1.54) is 17.4 Å². The van der Waals surface area contributed by atoms with Gasteiger partial charge < -0.3 is 14.4 Å². The number of nitrogens with zero attached hydrogens (tertiary/aromatic N) is 1. The van der Waals surface area contributed by atoms with Crippen LogP contribution < -0.4 is 4.90 Å². The number of hydrogen-bond donors (Lipinski definition) is 1. The number of carboxylic acids is 1. The quantitative estimate of drug-likeness (QED) is 0.914. The molecule has 0 unspecified atom stereocenters. The van der Waals surface area contributed by atoms with Crippen LogP contribution in [0.4, 0.5) is 5.69 Å². The third kappa shape index (κ3) is 3.31. The molecule has 5 nitrogen and oxygen atoms in total.